The lowest BCUT2D eigenvalue weighted by atomic mass is 9.96. The molecule has 0 saturated carbocycles. The number of benzene rings is 3. The Morgan fingerprint density at radius 1 is 1.02 bits per heavy atom. The number of esters is 1. The van der Waals surface area contributed by atoms with E-state index >= 15 is 0 Å². The van der Waals surface area contributed by atoms with E-state index in [0.717, 1.165) is 22.4 Å². The highest BCUT2D eigenvalue weighted by Crippen LogP contribution is 2.34. The van der Waals surface area contributed by atoms with Crippen molar-refractivity contribution in [3.8, 4) is 28.6 Å². The molecular formula is C32H35N3O6. The van der Waals surface area contributed by atoms with Crippen molar-refractivity contribution in [2.75, 3.05) is 20.8 Å². The number of aryl methyl sites for hydroxylation is 1. The Bertz CT molecular complexity index is 1660. The first-order chi connectivity index (χ1) is 19.7. The van der Waals surface area contributed by atoms with Crippen LogP contribution in [-0.2, 0) is 9.53 Å². The molecule has 1 atom stereocenters. The van der Waals surface area contributed by atoms with Gasteiger partial charge >= 0.3 is 5.97 Å². The van der Waals surface area contributed by atoms with Gasteiger partial charge in [-0.05, 0) is 85.8 Å². The molecule has 0 unspecified atom stereocenters. The fraction of sp³-hybridized carbons (Fsp3) is 0.312. The van der Waals surface area contributed by atoms with Gasteiger partial charge in [0.25, 0.3) is 5.56 Å². The van der Waals surface area contributed by atoms with Gasteiger partial charge in [-0.3, -0.25) is 4.79 Å². The number of fused-ring (bicyclic) bond motifs is 1. The van der Waals surface area contributed by atoms with E-state index in [9.17, 15) is 9.59 Å². The Labute approximate surface area is 239 Å². The SMILES string of the molecule is CCOc1cc(C=Nn2c(-c3cc(C(C)C)c(OC)cc3C)nc3ccccc3c2=O)ccc1O[C@H](C)C(=O)OC. The van der Waals surface area contributed by atoms with E-state index in [2.05, 4.69) is 18.9 Å². The third-order valence-electron chi connectivity index (χ3n) is 6.62. The van der Waals surface area contributed by atoms with Gasteiger partial charge in [-0.1, -0.05) is 26.0 Å². The first-order valence-corrected chi connectivity index (χ1v) is 13.4. The minimum absolute atomic E-state index is 0.188. The van der Waals surface area contributed by atoms with Crippen molar-refractivity contribution < 1.29 is 23.7 Å². The molecule has 0 radical (unpaired) electrons. The van der Waals surface area contributed by atoms with Gasteiger partial charge in [-0.2, -0.15) is 9.78 Å². The van der Waals surface area contributed by atoms with Crippen LogP contribution in [-0.4, -0.2) is 48.8 Å². The third kappa shape index (κ3) is 6.24. The molecule has 0 amide bonds. The number of carbonyl (C=O) groups is 1. The van der Waals surface area contributed by atoms with Gasteiger partial charge < -0.3 is 18.9 Å². The van der Waals surface area contributed by atoms with Crippen LogP contribution < -0.4 is 19.8 Å². The zero-order valence-electron chi connectivity index (χ0n) is 24.4. The molecule has 0 fully saturated rings. The van der Waals surface area contributed by atoms with Crippen LogP contribution in [0.25, 0.3) is 22.3 Å². The summed E-state index contributed by atoms with van der Waals surface area (Å²) >= 11 is 0. The minimum atomic E-state index is -0.813. The van der Waals surface area contributed by atoms with E-state index in [-0.39, 0.29) is 11.5 Å². The Hall–Kier alpha value is -4.66. The highest BCUT2D eigenvalue weighted by molar-refractivity contribution is 5.83. The van der Waals surface area contributed by atoms with Crippen LogP contribution in [0.15, 0.2) is 64.5 Å². The zero-order valence-corrected chi connectivity index (χ0v) is 24.4. The second-order valence-corrected chi connectivity index (χ2v) is 9.80. The maximum atomic E-state index is 13.7. The van der Waals surface area contributed by atoms with Crippen LogP contribution in [0.1, 0.15) is 50.3 Å². The average molecular weight is 558 g/mol. The van der Waals surface area contributed by atoms with E-state index < -0.39 is 12.1 Å². The molecule has 1 heterocycles. The third-order valence-corrected chi connectivity index (χ3v) is 6.62. The molecule has 41 heavy (non-hydrogen) atoms. The van der Waals surface area contributed by atoms with Gasteiger partial charge in [0.05, 0.1) is 37.9 Å². The maximum Gasteiger partial charge on any atom is 0.346 e. The summed E-state index contributed by atoms with van der Waals surface area (Å²) in [6, 6.07) is 16.4. The standard InChI is InChI=1S/C32H35N3O6/c1-8-40-29-16-22(13-14-27(29)41-21(5)32(37)39-7)18-33-35-30(34-26-12-10-9-11-23(26)31(35)36)25-17-24(19(2)3)28(38-6)15-20(25)4/h9-19,21H,8H2,1-7H3/t21-/m1/s1. The van der Waals surface area contributed by atoms with Crippen molar-refractivity contribution in [2.24, 2.45) is 5.10 Å². The van der Waals surface area contributed by atoms with Crippen molar-refractivity contribution in [1.82, 2.24) is 9.66 Å². The summed E-state index contributed by atoms with van der Waals surface area (Å²) in [6.07, 6.45) is 0.756. The largest absolute Gasteiger partial charge is 0.496 e. The lowest BCUT2D eigenvalue weighted by Crippen LogP contribution is -2.25. The van der Waals surface area contributed by atoms with Gasteiger partial charge in [-0.25, -0.2) is 9.78 Å². The van der Waals surface area contributed by atoms with Crippen LogP contribution in [0.2, 0.25) is 0 Å². The van der Waals surface area contributed by atoms with Gasteiger partial charge in [-0.15, -0.1) is 0 Å². The van der Waals surface area contributed by atoms with Gasteiger partial charge in [0.2, 0.25) is 0 Å². The molecule has 0 aliphatic carbocycles. The zero-order chi connectivity index (χ0) is 29.7. The van der Waals surface area contributed by atoms with E-state index in [0.29, 0.717) is 40.4 Å². The summed E-state index contributed by atoms with van der Waals surface area (Å²) in [7, 11) is 2.96. The number of para-hydroxylation sites is 1. The van der Waals surface area contributed by atoms with Crippen molar-refractivity contribution in [1.29, 1.82) is 0 Å². The monoisotopic (exact) mass is 557 g/mol. The molecule has 0 bridgehead atoms. The predicted octanol–water partition coefficient (Wildman–Crippen LogP) is 5.73. The topological polar surface area (TPSA) is 101 Å². The maximum absolute atomic E-state index is 13.7. The fourth-order valence-corrected chi connectivity index (χ4v) is 4.47. The number of ether oxygens (including phenoxy) is 4. The molecule has 0 spiro atoms. The molecule has 3 aromatic carbocycles. The molecule has 4 rings (SSSR count). The first kappa shape index (κ1) is 29.3. The summed E-state index contributed by atoms with van der Waals surface area (Å²) < 4.78 is 23.2. The number of hydrogen-bond donors (Lipinski definition) is 0. The van der Waals surface area contributed by atoms with E-state index in [1.165, 1.54) is 11.8 Å². The van der Waals surface area contributed by atoms with Crippen LogP contribution in [0.5, 0.6) is 17.2 Å². The summed E-state index contributed by atoms with van der Waals surface area (Å²) in [5.41, 5.74) is 3.64. The molecule has 1 aromatic heterocycles. The van der Waals surface area contributed by atoms with Crippen molar-refractivity contribution in [2.45, 2.75) is 46.6 Å². The van der Waals surface area contributed by atoms with E-state index in [1.807, 2.05) is 38.1 Å². The number of methoxy groups -OCH3 is 2. The molecule has 4 aromatic rings. The second-order valence-electron chi connectivity index (χ2n) is 9.80. The lowest BCUT2D eigenvalue weighted by Gasteiger charge is -2.17. The minimum Gasteiger partial charge on any atom is -0.496 e. The Morgan fingerprint density at radius 3 is 2.46 bits per heavy atom. The number of hydrogen-bond acceptors (Lipinski definition) is 8. The van der Waals surface area contributed by atoms with Gasteiger partial charge in [0.15, 0.2) is 23.4 Å². The molecule has 0 saturated heterocycles. The summed E-state index contributed by atoms with van der Waals surface area (Å²) in [6.45, 7) is 9.97. The van der Waals surface area contributed by atoms with Crippen LogP contribution in [0.4, 0.5) is 0 Å². The molecule has 9 heteroatoms. The molecule has 0 aliphatic heterocycles. The smallest absolute Gasteiger partial charge is 0.346 e. The van der Waals surface area contributed by atoms with Gasteiger partial charge in [0.1, 0.15) is 5.75 Å². The molecule has 214 valence electrons. The normalized spacial score (nSPS) is 12.1. The van der Waals surface area contributed by atoms with Crippen molar-refractivity contribution in [3.05, 3.63) is 81.6 Å². The van der Waals surface area contributed by atoms with E-state index in [1.54, 1.807) is 50.6 Å². The summed E-state index contributed by atoms with van der Waals surface area (Å²) in [4.78, 5) is 30.5. The number of carbonyl (C=O) groups excluding carboxylic acids is 1. The highest BCUT2D eigenvalue weighted by atomic mass is 16.6. The summed E-state index contributed by atoms with van der Waals surface area (Å²) in [5, 5.41) is 5.07. The number of rotatable bonds is 10. The summed E-state index contributed by atoms with van der Waals surface area (Å²) in [5.74, 6) is 1.72. The van der Waals surface area contributed by atoms with Crippen molar-refractivity contribution >= 4 is 23.1 Å². The molecule has 9 nitrogen and oxygen atoms in total. The van der Waals surface area contributed by atoms with Gasteiger partial charge in [0, 0.05) is 5.56 Å². The fourth-order valence-electron chi connectivity index (χ4n) is 4.47. The second kappa shape index (κ2) is 12.7. The highest BCUT2D eigenvalue weighted by Gasteiger charge is 2.19. The van der Waals surface area contributed by atoms with E-state index in [4.69, 9.17) is 23.9 Å². The average Bonchev–Trinajstić information content (AvgIpc) is 2.97. The molecule has 0 aliphatic rings. The number of aromatic nitrogens is 2. The molecule has 0 N–H and O–H groups in total. The molecular weight excluding hydrogens is 522 g/mol. The predicted molar refractivity (Wildman–Crippen MR) is 160 cm³/mol. The lowest BCUT2D eigenvalue weighted by molar-refractivity contribution is -0.147. The number of nitrogens with zero attached hydrogens (tertiary/aromatic N) is 3. The van der Waals surface area contributed by atoms with Crippen LogP contribution >= 0.6 is 0 Å². The Kier molecular flexibility index (Phi) is 9.07. The Morgan fingerprint density at radius 2 is 1.78 bits per heavy atom. The quantitative estimate of drug-likeness (QED) is 0.181. The van der Waals surface area contributed by atoms with Crippen molar-refractivity contribution in [3.63, 3.8) is 0 Å². The van der Waals surface area contributed by atoms with Crippen LogP contribution in [0.3, 0.4) is 0 Å². The van der Waals surface area contributed by atoms with Crippen LogP contribution in [0, 0.1) is 6.92 Å². The Balaban J connectivity index is 1.85. The first-order valence-electron chi connectivity index (χ1n) is 13.4.